The van der Waals surface area contributed by atoms with E-state index in [1.54, 1.807) is 29.3 Å². The van der Waals surface area contributed by atoms with Crippen LogP contribution in [0.25, 0.3) is 0 Å². The molecule has 7 heteroatoms. The zero-order valence-electron chi connectivity index (χ0n) is 11.9. The van der Waals surface area contributed by atoms with E-state index in [2.05, 4.69) is 25.3 Å². The molecule has 1 fully saturated rings. The Hall–Kier alpha value is -2.44. The Kier molecular flexibility index (Phi) is 3.81. The van der Waals surface area contributed by atoms with E-state index in [0.29, 0.717) is 12.4 Å². The van der Waals surface area contributed by atoms with Crippen LogP contribution in [0.3, 0.4) is 0 Å². The van der Waals surface area contributed by atoms with Crippen molar-refractivity contribution in [2.45, 2.75) is 12.8 Å². The van der Waals surface area contributed by atoms with E-state index < -0.39 is 0 Å². The molecule has 0 spiro atoms. The highest BCUT2D eigenvalue weighted by atomic mass is 16.2. The zero-order chi connectivity index (χ0) is 14.7. The molecule has 1 aliphatic heterocycles. The maximum atomic E-state index is 12.3. The summed E-state index contributed by atoms with van der Waals surface area (Å²) in [5.74, 6) is 1.39. The summed E-state index contributed by atoms with van der Waals surface area (Å²) in [7, 11) is 1.83. The van der Waals surface area contributed by atoms with Gasteiger partial charge in [0.05, 0.1) is 12.1 Å². The molecule has 0 bridgehead atoms. The van der Waals surface area contributed by atoms with E-state index in [1.165, 1.54) is 0 Å². The van der Waals surface area contributed by atoms with Crippen molar-refractivity contribution in [1.82, 2.24) is 19.7 Å². The normalized spacial score (nSPS) is 18.5. The first-order valence-electron chi connectivity index (χ1n) is 7.04. The number of aromatic nitrogens is 4. The van der Waals surface area contributed by atoms with Crippen LogP contribution in [-0.2, 0) is 11.8 Å². The van der Waals surface area contributed by atoms with E-state index in [0.717, 1.165) is 25.2 Å². The lowest BCUT2D eigenvalue weighted by Crippen LogP contribution is -2.41. The second kappa shape index (κ2) is 5.90. The van der Waals surface area contributed by atoms with Crippen LogP contribution in [0.5, 0.6) is 0 Å². The van der Waals surface area contributed by atoms with Gasteiger partial charge in [-0.2, -0.15) is 5.10 Å². The maximum Gasteiger partial charge on any atom is 0.230 e. The van der Waals surface area contributed by atoms with Crippen molar-refractivity contribution in [2.75, 3.05) is 23.3 Å². The van der Waals surface area contributed by atoms with Gasteiger partial charge >= 0.3 is 0 Å². The molecule has 7 nitrogen and oxygen atoms in total. The number of hydrogen-bond donors (Lipinski definition) is 1. The van der Waals surface area contributed by atoms with Crippen LogP contribution in [-0.4, -0.2) is 38.7 Å². The third-order valence-corrected chi connectivity index (χ3v) is 3.63. The number of anilines is 2. The summed E-state index contributed by atoms with van der Waals surface area (Å²) in [4.78, 5) is 22.8. The number of carbonyl (C=O) groups excluding carboxylic acids is 1. The van der Waals surface area contributed by atoms with Crippen molar-refractivity contribution < 1.29 is 4.79 Å². The molecular weight excluding hydrogens is 268 g/mol. The number of carbonyl (C=O) groups is 1. The molecule has 1 N–H and O–H groups in total. The summed E-state index contributed by atoms with van der Waals surface area (Å²) in [5, 5.41) is 7.04. The Morgan fingerprint density at radius 3 is 3.05 bits per heavy atom. The fourth-order valence-electron chi connectivity index (χ4n) is 2.56. The van der Waals surface area contributed by atoms with Gasteiger partial charge in [-0.05, 0) is 12.8 Å². The minimum atomic E-state index is -0.0530. The molecule has 3 heterocycles. The standard InChI is InChI=1S/C14H18N6O/c1-19-8-4-12(18-19)17-14(21)11-3-2-7-20(10-11)13-9-15-5-6-16-13/h4-6,8-9,11H,2-3,7,10H2,1H3,(H,17,18,21)/t11-/m1/s1. The summed E-state index contributed by atoms with van der Waals surface area (Å²) >= 11 is 0. The Balaban J connectivity index is 1.64. The van der Waals surface area contributed by atoms with Gasteiger partial charge < -0.3 is 10.2 Å². The van der Waals surface area contributed by atoms with Crippen LogP contribution in [0.15, 0.2) is 30.9 Å². The lowest BCUT2D eigenvalue weighted by molar-refractivity contribution is -0.120. The second-order valence-corrected chi connectivity index (χ2v) is 5.21. The van der Waals surface area contributed by atoms with Gasteiger partial charge in [0, 0.05) is 44.8 Å². The lowest BCUT2D eigenvalue weighted by atomic mass is 9.97. The van der Waals surface area contributed by atoms with Crippen molar-refractivity contribution in [3.8, 4) is 0 Å². The third-order valence-electron chi connectivity index (χ3n) is 3.63. The highest BCUT2D eigenvalue weighted by molar-refractivity contribution is 5.92. The topological polar surface area (TPSA) is 75.9 Å². The van der Waals surface area contributed by atoms with E-state index in [4.69, 9.17) is 0 Å². The van der Waals surface area contributed by atoms with Crippen molar-refractivity contribution in [3.05, 3.63) is 30.9 Å². The zero-order valence-corrected chi connectivity index (χ0v) is 11.9. The van der Waals surface area contributed by atoms with Crippen molar-refractivity contribution in [3.63, 3.8) is 0 Å². The van der Waals surface area contributed by atoms with Crippen molar-refractivity contribution in [2.24, 2.45) is 13.0 Å². The lowest BCUT2D eigenvalue weighted by Gasteiger charge is -2.32. The van der Waals surface area contributed by atoms with Crippen LogP contribution in [0.4, 0.5) is 11.6 Å². The molecule has 3 rings (SSSR count). The number of nitrogens with zero attached hydrogens (tertiary/aromatic N) is 5. The Morgan fingerprint density at radius 2 is 2.33 bits per heavy atom. The SMILES string of the molecule is Cn1ccc(NC(=O)[C@@H]2CCCN(c3cnccn3)C2)n1. The van der Waals surface area contributed by atoms with Crippen LogP contribution in [0, 0.1) is 5.92 Å². The van der Waals surface area contributed by atoms with Crippen LogP contribution in [0.2, 0.25) is 0 Å². The fraction of sp³-hybridized carbons (Fsp3) is 0.429. The molecule has 0 aliphatic carbocycles. The average molecular weight is 286 g/mol. The third kappa shape index (κ3) is 3.18. The van der Waals surface area contributed by atoms with Gasteiger partial charge in [-0.15, -0.1) is 0 Å². The number of piperidine rings is 1. The number of rotatable bonds is 3. The van der Waals surface area contributed by atoms with Gasteiger partial charge in [0.15, 0.2) is 5.82 Å². The monoisotopic (exact) mass is 286 g/mol. The number of nitrogens with one attached hydrogen (secondary N) is 1. The molecule has 2 aromatic heterocycles. The molecule has 2 aromatic rings. The Morgan fingerprint density at radius 1 is 1.43 bits per heavy atom. The minimum Gasteiger partial charge on any atom is -0.355 e. The Bertz CT molecular complexity index is 611. The van der Waals surface area contributed by atoms with Crippen LogP contribution >= 0.6 is 0 Å². The molecule has 1 amide bonds. The van der Waals surface area contributed by atoms with E-state index >= 15 is 0 Å². The maximum absolute atomic E-state index is 12.3. The molecule has 1 saturated heterocycles. The van der Waals surface area contributed by atoms with Gasteiger partial charge in [0.1, 0.15) is 5.82 Å². The summed E-state index contributed by atoms with van der Waals surface area (Å²) in [6.07, 6.45) is 8.72. The minimum absolute atomic E-state index is 0.0160. The average Bonchev–Trinajstić information content (AvgIpc) is 2.93. The number of hydrogen-bond acceptors (Lipinski definition) is 5. The summed E-state index contributed by atoms with van der Waals surface area (Å²) < 4.78 is 1.67. The smallest absolute Gasteiger partial charge is 0.230 e. The van der Waals surface area contributed by atoms with Gasteiger partial charge in [0.25, 0.3) is 0 Å². The van der Waals surface area contributed by atoms with Gasteiger partial charge in [-0.1, -0.05) is 0 Å². The summed E-state index contributed by atoms with van der Waals surface area (Å²) in [6, 6.07) is 1.79. The Labute approximate surface area is 123 Å². The van der Waals surface area contributed by atoms with E-state index in [-0.39, 0.29) is 11.8 Å². The predicted octanol–water partition coefficient (Wildman–Crippen LogP) is 1.07. The molecule has 0 aromatic carbocycles. The highest BCUT2D eigenvalue weighted by Crippen LogP contribution is 2.21. The first kappa shape index (κ1) is 13.5. The summed E-state index contributed by atoms with van der Waals surface area (Å²) in [6.45, 7) is 1.57. The van der Waals surface area contributed by atoms with Crippen molar-refractivity contribution >= 4 is 17.5 Å². The molecule has 1 aliphatic rings. The molecule has 0 saturated carbocycles. The first-order valence-corrected chi connectivity index (χ1v) is 7.04. The van der Waals surface area contributed by atoms with Crippen LogP contribution in [0.1, 0.15) is 12.8 Å². The van der Waals surface area contributed by atoms with Gasteiger partial charge in [0.2, 0.25) is 5.91 Å². The second-order valence-electron chi connectivity index (χ2n) is 5.21. The molecule has 1 atom stereocenters. The molecule has 0 unspecified atom stereocenters. The number of amides is 1. The molecule has 0 radical (unpaired) electrons. The van der Waals surface area contributed by atoms with E-state index in [9.17, 15) is 4.79 Å². The quantitative estimate of drug-likeness (QED) is 0.913. The van der Waals surface area contributed by atoms with Gasteiger partial charge in [-0.25, -0.2) is 4.98 Å². The van der Waals surface area contributed by atoms with Crippen molar-refractivity contribution in [1.29, 1.82) is 0 Å². The van der Waals surface area contributed by atoms with Crippen LogP contribution < -0.4 is 10.2 Å². The highest BCUT2D eigenvalue weighted by Gasteiger charge is 2.26. The predicted molar refractivity (Wildman–Crippen MR) is 78.8 cm³/mol. The largest absolute Gasteiger partial charge is 0.355 e. The molecule has 21 heavy (non-hydrogen) atoms. The van der Waals surface area contributed by atoms with Gasteiger partial charge in [-0.3, -0.25) is 14.5 Å². The summed E-state index contributed by atoms with van der Waals surface area (Å²) in [5.41, 5.74) is 0. The fourth-order valence-corrected chi connectivity index (χ4v) is 2.56. The molecule has 110 valence electrons. The van der Waals surface area contributed by atoms with E-state index in [1.807, 2.05) is 13.2 Å². The number of aryl methyl sites for hydroxylation is 1. The first-order chi connectivity index (χ1) is 10.2. The molecular formula is C14H18N6O.